The molecule has 1 heteroatoms. The lowest BCUT2D eigenvalue weighted by atomic mass is 9.97. The Morgan fingerprint density at radius 3 is 2.50 bits per heavy atom. The Hall–Kier alpha value is -0.300. The predicted octanol–water partition coefficient (Wildman–Crippen LogP) is 3.64. The van der Waals surface area contributed by atoms with Crippen LogP contribution in [0.1, 0.15) is 57.8 Å². The zero-order valence-electron chi connectivity index (χ0n) is 10.3. The first kappa shape index (κ1) is 10.8. The Bertz CT molecular complexity index is 269. The van der Waals surface area contributed by atoms with E-state index in [1.54, 1.807) is 5.57 Å². The molecule has 3 atom stereocenters. The molecule has 0 bridgehead atoms. The van der Waals surface area contributed by atoms with Crippen LogP contribution in [0.25, 0.3) is 0 Å². The molecule has 3 rings (SSSR count). The first-order chi connectivity index (χ1) is 7.88. The molecular weight excluding hydrogens is 194 g/mol. The van der Waals surface area contributed by atoms with E-state index in [0.717, 1.165) is 17.8 Å². The summed E-state index contributed by atoms with van der Waals surface area (Å²) in [6.45, 7) is 0. The van der Waals surface area contributed by atoms with Crippen LogP contribution in [0.4, 0.5) is 0 Å². The van der Waals surface area contributed by atoms with Crippen molar-refractivity contribution in [2.24, 2.45) is 23.5 Å². The van der Waals surface area contributed by atoms with Crippen molar-refractivity contribution in [1.82, 2.24) is 0 Å². The van der Waals surface area contributed by atoms with Gasteiger partial charge in [0.15, 0.2) is 0 Å². The minimum Gasteiger partial charge on any atom is -0.324 e. The van der Waals surface area contributed by atoms with E-state index in [1.807, 2.05) is 0 Å². The van der Waals surface area contributed by atoms with Gasteiger partial charge in [-0.05, 0) is 56.3 Å². The van der Waals surface area contributed by atoms with Gasteiger partial charge in [0.05, 0.1) is 0 Å². The van der Waals surface area contributed by atoms with Crippen LogP contribution in [-0.2, 0) is 0 Å². The molecule has 0 radical (unpaired) electrons. The van der Waals surface area contributed by atoms with E-state index >= 15 is 0 Å². The van der Waals surface area contributed by atoms with Crippen LogP contribution in [0.15, 0.2) is 11.6 Å². The Labute approximate surface area is 99.5 Å². The summed E-state index contributed by atoms with van der Waals surface area (Å²) < 4.78 is 0. The van der Waals surface area contributed by atoms with Crippen molar-refractivity contribution >= 4 is 0 Å². The molecule has 90 valence electrons. The summed E-state index contributed by atoms with van der Waals surface area (Å²) in [5, 5.41) is 0. The van der Waals surface area contributed by atoms with Gasteiger partial charge in [-0.3, -0.25) is 0 Å². The lowest BCUT2D eigenvalue weighted by Crippen LogP contribution is -2.26. The molecule has 3 aliphatic rings. The fourth-order valence-corrected chi connectivity index (χ4v) is 4.17. The Morgan fingerprint density at radius 2 is 1.75 bits per heavy atom. The van der Waals surface area contributed by atoms with Crippen LogP contribution >= 0.6 is 0 Å². The Kier molecular flexibility index (Phi) is 3.06. The van der Waals surface area contributed by atoms with E-state index in [2.05, 4.69) is 6.08 Å². The summed E-state index contributed by atoms with van der Waals surface area (Å²) in [5.41, 5.74) is 8.12. The molecular formula is C15H25N. The minimum absolute atomic E-state index is 0.422. The zero-order valence-corrected chi connectivity index (χ0v) is 10.3. The van der Waals surface area contributed by atoms with Gasteiger partial charge < -0.3 is 5.73 Å². The second kappa shape index (κ2) is 4.52. The van der Waals surface area contributed by atoms with Crippen LogP contribution in [0.5, 0.6) is 0 Å². The first-order valence-electron chi connectivity index (χ1n) is 7.32. The molecule has 2 fully saturated rings. The SMILES string of the molecule is NC(C1=CCCCCC1)C1C2CCCCC21. The van der Waals surface area contributed by atoms with Crippen molar-refractivity contribution in [3.05, 3.63) is 11.6 Å². The molecule has 1 nitrogen and oxygen atoms in total. The third-order valence-corrected chi connectivity index (χ3v) is 5.14. The van der Waals surface area contributed by atoms with E-state index in [4.69, 9.17) is 5.73 Å². The van der Waals surface area contributed by atoms with Gasteiger partial charge in [0, 0.05) is 6.04 Å². The van der Waals surface area contributed by atoms with E-state index in [9.17, 15) is 0 Å². The molecule has 0 heterocycles. The molecule has 2 N–H and O–H groups in total. The van der Waals surface area contributed by atoms with Gasteiger partial charge >= 0.3 is 0 Å². The van der Waals surface area contributed by atoms with Crippen molar-refractivity contribution in [2.75, 3.05) is 0 Å². The summed E-state index contributed by atoms with van der Waals surface area (Å²) in [6.07, 6.45) is 15.1. The molecule has 0 aromatic rings. The van der Waals surface area contributed by atoms with Crippen molar-refractivity contribution in [2.45, 2.75) is 63.8 Å². The maximum Gasteiger partial charge on any atom is 0.0287 e. The number of hydrogen-bond acceptors (Lipinski definition) is 1. The highest BCUT2D eigenvalue weighted by Crippen LogP contribution is 2.57. The summed E-state index contributed by atoms with van der Waals surface area (Å²) in [6, 6.07) is 0.422. The van der Waals surface area contributed by atoms with Gasteiger partial charge in [0.2, 0.25) is 0 Å². The molecule has 0 aromatic carbocycles. The summed E-state index contributed by atoms with van der Waals surface area (Å²) >= 11 is 0. The van der Waals surface area contributed by atoms with Gasteiger partial charge in [0.25, 0.3) is 0 Å². The van der Waals surface area contributed by atoms with Crippen LogP contribution < -0.4 is 5.73 Å². The smallest absolute Gasteiger partial charge is 0.0287 e. The minimum atomic E-state index is 0.422. The molecule has 0 aliphatic heterocycles. The van der Waals surface area contributed by atoms with Gasteiger partial charge in [-0.1, -0.05) is 30.9 Å². The monoisotopic (exact) mass is 219 g/mol. The Balaban J connectivity index is 1.64. The third-order valence-electron chi connectivity index (χ3n) is 5.14. The number of rotatable bonds is 2. The summed E-state index contributed by atoms with van der Waals surface area (Å²) in [5.74, 6) is 2.88. The number of nitrogens with two attached hydrogens (primary N) is 1. The van der Waals surface area contributed by atoms with Crippen LogP contribution in [-0.4, -0.2) is 6.04 Å². The zero-order chi connectivity index (χ0) is 11.0. The predicted molar refractivity (Wildman–Crippen MR) is 68.1 cm³/mol. The first-order valence-corrected chi connectivity index (χ1v) is 7.32. The number of allylic oxidation sites excluding steroid dienone is 1. The van der Waals surface area contributed by atoms with Crippen molar-refractivity contribution in [1.29, 1.82) is 0 Å². The van der Waals surface area contributed by atoms with Crippen molar-refractivity contribution in [3.8, 4) is 0 Å². The van der Waals surface area contributed by atoms with Crippen LogP contribution in [0, 0.1) is 17.8 Å². The average molecular weight is 219 g/mol. The van der Waals surface area contributed by atoms with Gasteiger partial charge in [-0.2, -0.15) is 0 Å². The quantitative estimate of drug-likeness (QED) is 0.705. The Morgan fingerprint density at radius 1 is 1.00 bits per heavy atom. The molecule has 16 heavy (non-hydrogen) atoms. The fraction of sp³-hybridized carbons (Fsp3) is 0.867. The summed E-state index contributed by atoms with van der Waals surface area (Å²) in [4.78, 5) is 0. The lowest BCUT2D eigenvalue weighted by molar-refractivity contribution is 0.480. The van der Waals surface area contributed by atoms with Gasteiger partial charge in [-0.25, -0.2) is 0 Å². The largest absolute Gasteiger partial charge is 0.324 e. The van der Waals surface area contributed by atoms with Crippen molar-refractivity contribution in [3.63, 3.8) is 0 Å². The van der Waals surface area contributed by atoms with E-state index in [-0.39, 0.29) is 0 Å². The van der Waals surface area contributed by atoms with Gasteiger partial charge in [-0.15, -0.1) is 0 Å². The number of fused-ring (bicyclic) bond motifs is 1. The second-order valence-corrected chi connectivity index (χ2v) is 6.09. The summed E-state index contributed by atoms with van der Waals surface area (Å²) in [7, 11) is 0. The van der Waals surface area contributed by atoms with E-state index < -0.39 is 0 Å². The lowest BCUT2D eigenvalue weighted by Gasteiger charge is -2.15. The van der Waals surface area contributed by atoms with E-state index in [0.29, 0.717) is 6.04 Å². The molecule has 2 saturated carbocycles. The molecule has 3 aliphatic carbocycles. The molecule has 0 aromatic heterocycles. The molecule has 0 amide bonds. The highest BCUT2D eigenvalue weighted by atomic mass is 14.7. The second-order valence-electron chi connectivity index (χ2n) is 6.09. The topological polar surface area (TPSA) is 26.0 Å². The van der Waals surface area contributed by atoms with Crippen LogP contribution in [0.2, 0.25) is 0 Å². The fourth-order valence-electron chi connectivity index (χ4n) is 4.17. The highest BCUT2D eigenvalue weighted by molar-refractivity contribution is 5.19. The molecule has 0 spiro atoms. The van der Waals surface area contributed by atoms with Gasteiger partial charge in [0.1, 0.15) is 0 Å². The molecule has 3 unspecified atom stereocenters. The standard InChI is InChI=1S/C15H25N/c16-15(11-7-3-1-2-4-8-11)14-12-9-5-6-10-13(12)14/h7,12-15H,1-6,8-10,16H2. The highest BCUT2D eigenvalue weighted by Gasteiger charge is 2.53. The molecule has 0 saturated heterocycles. The van der Waals surface area contributed by atoms with Crippen LogP contribution in [0.3, 0.4) is 0 Å². The maximum absolute atomic E-state index is 6.51. The third kappa shape index (κ3) is 1.95. The maximum atomic E-state index is 6.51. The normalized spacial score (nSPS) is 40.6. The number of hydrogen-bond donors (Lipinski definition) is 1. The van der Waals surface area contributed by atoms with Crippen molar-refractivity contribution < 1.29 is 0 Å². The van der Waals surface area contributed by atoms with E-state index in [1.165, 1.54) is 57.8 Å². The average Bonchev–Trinajstić information content (AvgIpc) is 3.09.